The van der Waals surface area contributed by atoms with Crippen molar-refractivity contribution in [2.45, 2.75) is 38.6 Å². The predicted octanol–water partition coefficient (Wildman–Crippen LogP) is 2.05. The highest BCUT2D eigenvalue weighted by molar-refractivity contribution is 5.81. The number of nitrogens with one attached hydrogen (secondary N) is 1. The van der Waals surface area contributed by atoms with Crippen LogP contribution in [0.1, 0.15) is 30.4 Å². The zero-order chi connectivity index (χ0) is 17.2. The van der Waals surface area contributed by atoms with E-state index in [0.29, 0.717) is 24.3 Å². The molecule has 4 rings (SSSR count). The number of aromatic amines is 1. The number of rotatable bonds is 0. The van der Waals surface area contributed by atoms with Crippen molar-refractivity contribution in [1.82, 2.24) is 19.5 Å². The fourth-order valence-electron chi connectivity index (χ4n) is 3.26. The molecule has 0 atom stereocenters. The summed E-state index contributed by atoms with van der Waals surface area (Å²) in [6.07, 6.45) is 4.94. The van der Waals surface area contributed by atoms with Gasteiger partial charge in [0.15, 0.2) is 11.5 Å². The lowest BCUT2D eigenvalue weighted by Gasteiger charge is -2.07. The second kappa shape index (κ2) is 6.58. The molecule has 1 aliphatic rings. The molecular weight excluding hydrogens is 318 g/mol. The zero-order valence-electron chi connectivity index (χ0n) is 14.0. The van der Waals surface area contributed by atoms with Crippen LogP contribution >= 0.6 is 0 Å². The SMILES string of the molecule is Nc1nc2nc3c1[nH]c(=O)n3CCc1cccc(c1)CCCCCO2. The van der Waals surface area contributed by atoms with Gasteiger partial charge >= 0.3 is 11.7 Å². The normalized spacial score (nSPS) is 15.5. The highest BCUT2D eigenvalue weighted by atomic mass is 16.5. The summed E-state index contributed by atoms with van der Waals surface area (Å²) < 4.78 is 7.25. The van der Waals surface area contributed by atoms with Gasteiger partial charge in [-0.15, -0.1) is 0 Å². The van der Waals surface area contributed by atoms with Crippen LogP contribution in [0.3, 0.4) is 0 Å². The second-order valence-corrected chi connectivity index (χ2v) is 6.40. The summed E-state index contributed by atoms with van der Waals surface area (Å²) in [5, 5.41) is 0. The van der Waals surface area contributed by atoms with Crippen LogP contribution < -0.4 is 16.2 Å². The van der Waals surface area contributed by atoms with Crippen LogP contribution in [0.5, 0.6) is 6.01 Å². The molecule has 7 nitrogen and oxygen atoms in total. The third-order valence-corrected chi connectivity index (χ3v) is 4.59. The molecule has 4 bridgehead atoms. The molecule has 3 N–H and O–H groups in total. The van der Waals surface area contributed by atoms with E-state index in [-0.39, 0.29) is 17.5 Å². The van der Waals surface area contributed by atoms with E-state index in [1.807, 2.05) is 0 Å². The lowest BCUT2D eigenvalue weighted by Crippen LogP contribution is -2.18. The highest BCUT2D eigenvalue weighted by Crippen LogP contribution is 2.19. The van der Waals surface area contributed by atoms with Crippen LogP contribution in [-0.4, -0.2) is 26.1 Å². The smallest absolute Gasteiger partial charge is 0.327 e. The number of anilines is 1. The van der Waals surface area contributed by atoms with Gasteiger partial charge in [0.1, 0.15) is 5.52 Å². The van der Waals surface area contributed by atoms with Crippen molar-refractivity contribution in [2.24, 2.45) is 0 Å². The average molecular weight is 339 g/mol. The van der Waals surface area contributed by atoms with Crippen molar-refractivity contribution in [3.05, 3.63) is 45.9 Å². The lowest BCUT2D eigenvalue weighted by atomic mass is 10.0. The third-order valence-electron chi connectivity index (χ3n) is 4.59. The standard InChI is InChI=1S/C18H21N5O2/c19-15-14-16-22-17(21-15)25-10-3-1-2-5-12-6-4-7-13(11-12)8-9-23(16)18(24)20-14/h4,6-7,11H,1-3,5,8-10H2,(H,20,24)(H2,19,21,22). The van der Waals surface area contributed by atoms with Gasteiger partial charge in [0.2, 0.25) is 0 Å². The Morgan fingerprint density at radius 3 is 2.84 bits per heavy atom. The van der Waals surface area contributed by atoms with Crippen LogP contribution in [-0.2, 0) is 19.4 Å². The summed E-state index contributed by atoms with van der Waals surface area (Å²) in [6, 6.07) is 8.80. The molecule has 7 heteroatoms. The maximum Gasteiger partial charge on any atom is 0.327 e. The van der Waals surface area contributed by atoms with Gasteiger partial charge < -0.3 is 15.5 Å². The number of H-pyrrole nitrogens is 1. The van der Waals surface area contributed by atoms with Crippen molar-refractivity contribution < 1.29 is 4.74 Å². The summed E-state index contributed by atoms with van der Waals surface area (Å²) in [6.45, 7) is 1.07. The van der Waals surface area contributed by atoms with Crippen LogP contribution in [0.25, 0.3) is 11.2 Å². The first-order valence-corrected chi connectivity index (χ1v) is 8.67. The maximum atomic E-state index is 12.3. The fourth-order valence-corrected chi connectivity index (χ4v) is 3.26. The number of nitrogens with two attached hydrogens (primary N) is 1. The quantitative estimate of drug-likeness (QED) is 0.653. The predicted molar refractivity (Wildman–Crippen MR) is 95.8 cm³/mol. The maximum absolute atomic E-state index is 12.3. The molecule has 2 aromatic heterocycles. The molecule has 130 valence electrons. The van der Waals surface area contributed by atoms with Gasteiger partial charge in [-0.25, -0.2) is 4.79 Å². The van der Waals surface area contributed by atoms with E-state index < -0.39 is 0 Å². The molecule has 0 amide bonds. The number of hydrogen-bond acceptors (Lipinski definition) is 5. The van der Waals surface area contributed by atoms with Gasteiger partial charge in [0.05, 0.1) is 6.61 Å². The van der Waals surface area contributed by atoms with Gasteiger partial charge in [0.25, 0.3) is 0 Å². The van der Waals surface area contributed by atoms with Crippen molar-refractivity contribution >= 4 is 17.0 Å². The van der Waals surface area contributed by atoms with Crippen LogP contribution in [0.2, 0.25) is 0 Å². The number of imidazole rings is 1. The van der Waals surface area contributed by atoms with Crippen molar-refractivity contribution in [2.75, 3.05) is 12.3 Å². The first-order valence-electron chi connectivity index (χ1n) is 8.67. The van der Waals surface area contributed by atoms with Gasteiger partial charge in [-0.05, 0) is 43.2 Å². The van der Waals surface area contributed by atoms with E-state index in [9.17, 15) is 4.79 Å². The Balaban J connectivity index is 1.76. The Labute approximate surface area is 144 Å². The fraction of sp³-hybridized carbons (Fsp3) is 0.389. The molecule has 0 saturated heterocycles. The molecule has 1 aromatic carbocycles. The Morgan fingerprint density at radius 1 is 1.12 bits per heavy atom. The van der Waals surface area contributed by atoms with Gasteiger partial charge in [-0.3, -0.25) is 4.57 Å². The van der Waals surface area contributed by atoms with Gasteiger partial charge in [0, 0.05) is 6.54 Å². The largest absolute Gasteiger partial charge is 0.463 e. The number of benzene rings is 1. The van der Waals surface area contributed by atoms with Crippen molar-refractivity contribution in [1.29, 1.82) is 0 Å². The lowest BCUT2D eigenvalue weighted by molar-refractivity contribution is 0.283. The second-order valence-electron chi connectivity index (χ2n) is 6.40. The molecule has 0 unspecified atom stereocenters. The summed E-state index contributed by atoms with van der Waals surface area (Å²) in [4.78, 5) is 23.6. The summed E-state index contributed by atoms with van der Waals surface area (Å²) in [5.41, 5.74) is 9.26. The molecule has 3 heterocycles. The van der Waals surface area contributed by atoms with E-state index in [1.54, 1.807) is 4.57 Å². The molecule has 0 spiro atoms. The molecule has 1 aliphatic heterocycles. The highest BCUT2D eigenvalue weighted by Gasteiger charge is 2.15. The molecule has 3 aromatic rings. The molecule has 25 heavy (non-hydrogen) atoms. The number of aryl methyl sites for hydroxylation is 3. The molecule has 0 aliphatic carbocycles. The van der Waals surface area contributed by atoms with Gasteiger partial charge in [-0.2, -0.15) is 9.97 Å². The van der Waals surface area contributed by atoms with E-state index in [4.69, 9.17) is 10.5 Å². The van der Waals surface area contributed by atoms with Gasteiger partial charge in [-0.1, -0.05) is 24.3 Å². The minimum Gasteiger partial charge on any atom is -0.463 e. The van der Waals surface area contributed by atoms with E-state index in [1.165, 1.54) is 11.1 Å². The minimum atomic E-state index is -0.228. The van der Waals surface area contributed by atoms with Crippen molar-refractivity contribution in [3.63, 3.8) is 0 Å². The first-order chi connectivity index (χ1) is 12.2. The minimum absolute atomic E-state index is 0.228. The monoisotopic (exact) mass is 339 g/mol. The molecular formula is C18H21N5O2. The number of nitrogens with zero attached hydrogens (tertiary/aromatic N) is 3. The number of ether oxygens (including phenoxy) is 1. The summed E-state index contributed by atoms with van der Waals surface area (Å²) in [5.74, 6) is 0.238. The van der Waals surface area contributed by atoms with Crippen LogP contribution in [0.4, 0.5) is 5.82 Å². The Bertz CT molecular complexity index is 960. The Hall–Kier alpha value is -2.83. The molecule has 0 fully saturated rings. The summed E-state index contributed by atoms with van der Waals surface area (Å²) >= 11 is 0. The third kappa shape index (κ3) is 3.22. The van der Waals surface area contributed by atoms with E-state index in [2.05, 4.69) is 39.2 Å². The average Bonchev–Trinajstić information content (AvgIpc) is 2.92. The molecule has 0 radical (unpaired) electrons. The number of aromatic nitrogens is 4. The van der Waals surface area contributed by atoms with E-state index in [0.717, 1.165) is 32.1 Å². The summed E-state index contributed by atoms with van der Waals surface area (Å²) in [7, 11) is 0. The van der Waals surface area contributed by atoms with Crippen LogP contribution in [0.15, 0.2) is 29.1 Å². The zero-order valence-corrected chi connectivity index (χ0v) is 14.0. The molecule has 0 saturated carbocycles. The first kappa shape index (κ1) is 15.7. The number of hydrogen-bond donors (Lipinski definition) is 2. The topological polar surface area (TPSA) is 98.8 Å². The Morgan fingerprint density at radius 2 is 1.96 bits per heavy atom. The Kier molecular flexibility index (Phi) is 4.13. The van der Waals surface area contributed by atoms with Crippen LogP contribution in [0, 0.1) is 0 Å². The van der Waals surface area contributed by atoms with Crippen molar-refractivity contribution in [3.8, 4) is 6.01 Å². The number of fused-ring (bicyclic) bond motifs is 3. The number of nitrogen functional groups attached to an aromatic ring is 1. The van der Waals surface area contributed by atoms with E-state index >= 15 is 0 Å².